The van der Waals surface area contributed by atoms with Crippen molar-refractivity contribution in [2.24, 2.45) is 0 Å². The zero-order valence-corrected chi connectivity index (χ0v) is 14.4. The van der Waals surface area contributed by atoms with E-state index in [-0.39, 0.29) is 11.6 Å². The molecule has 0 spiro atoms. The van der Waals surface area contributed by atoms with Crippen molar-refractivity contribution in [3.8, 4) is 11.6 Å². The fourth-order valence-electron chi connectivity index (χ4n) is 3.68. The molecule has 0 aliphatic heterocycles. The van der Waals surface area contributed by atoms with Crippen LogP contribution in [0, 0.1) is 0 Å². The lowest BCUT2D eigenvalue weighted by Gasteiger charge is -2.17. The Hall–Kier alpha value is -2.63. The second-order valence-electron chi connectivity index (χ2n) is 6.56. The van der Waals surface area contributed by atoms with Gasteiger partial charge in [0.1, 0.15) is 11.7 Å². The van der Waals surface area contributed by atoms with E-state index in [2.05, 4.69) is 10.1 Å². The fraction of sp³-hybridized carbons (Fsp3) is 0.421. The van der Waals surface area contributed by atoms with Crippen molar-refractivity contribution in [3.05, 3.63) is 47.0 Å². The first-order valence-corrected chi connectivity index (χ1v) is 8.89. The molecule has 6 nitrogen and oxygen atoms in total. The number of para-hydroxylation sites is 1. The highest BCUT2D eigenvalue weighted by Crippen LogP contribution is 2.28. The van der Waals surface area contributed by atoms with Crippen LogP contribution in [0.25, 0.3) is 16.7 Å². The van der Waals surface area contributed by atoms with E-state index < -0.39 is 0 Å². The molecule has 0 unspecified atom stereocenters. The topological polar surface area (TPSA) is 61.9 Å². The van der Waals surface area contributed by atoms with Crippen LogP contribution >= 0.6 is 0 Å². The standard InChI is InChI=1S/C19H22N4O2/c1-25-18-16-17(23(21-18)15-11-7-4-8-12-15)20-13-22(19(16)24)14-9-5-2-3-6-10-14/h4,7-8,11-14H,2-3,5-6,9-10H2,1H3. The molecule has 1 aliphatic carbocycles. The van der Waals surface area contributed by atoms with Crippen molar-refractivity contribution < 1.29 is 4.74 Å². The molecule has 130 valence electrons. The number of hydrogen-bond donors (Lipinski definition) is 0. The summed E-state index contributed by atoms with van der Waals surface area (Å²) in [6, 6.07) is 9.90. The zero-order chi connectivity index (χ0) is 17.2. The van der Waals surface area contributed by atoms with E-state index in [1.54, 1.807) is 22.7 Å². The molecular weight excluding hydrogens is 316 g/mol. The molecule has 0 saturated heterocycles. The average molecular weight is 338 g/mol. The summed E-state index contributed by atoms with van der Waals surface area (Å²) in [4.78, 5) is 17.7. The molecule has 2 heterocycles. The van der Waals surface area contributed by atoms with Crippen LogP contribution in [0.3, 0.4) is 0 Å². The number of methoxy groups -OCH3 is 1. The van der Waals surface area contributed by atoms with E-state index in [4.69, 9.17) is 4.74 Å². The van der Waals surface area contributed by atoms with Crippen molar-refractivity contribution in [2.75, 3.05) is 7.11 Å². The van der Waals surface area contributed by atoms with E-state index in [1.165, 1.54) is 12.8 Å². The van der Waals surface area contributed by atoms with E-state index in [9.17, 15) is 4.79 Å². The van der Waals surface area contributed by atoms with Gasteiger partial charge >= 0.3 is 0 Å². The third-order valence-electron chi connectivity index (χ3n) is 4.99. The maximum atomic E-state index is 13.2. The summed E-state index contributed by atoms with van der Waals surface area (Å²) in [6.07, 6.45) is 8.56. The van der Waals surface area contributed by atoms with Gasteiger partial charge in [0.15, 0.2) is 5.65 Å². The van der Waals surface area contributed by atoms with Gasteiger partial charge in [0, 0.05) is 6.04 Å². The minimum atomic E-state index is -0.0593. The van der Waals surface area contributed by atoms with Gasteiger partial charge in [-0.25, -0.2) is 9.67 Å². The highest BCUT2D eigenvalue weighted by Gasteiger charge is 2.22. The normalized spacial score (nSPS) is 16.0. The van der Waals surface area contributed by atoms with E-state index in [0.717, 1.165) is 31.4 Å². The Morgan fingerprint density at radius 2 is 1.80 bits per heavy atom. The molecule has 1 aromatic carbocycles. The number of rotatable bonds is 3. The first-order chi connectivity index (χ1) is 12.3. The summed E-state index contributed by atoms with van der Waals surface area (Å²) in [6.45, 7) is 0. The molecule has 0 atom stereocenters. The number of hydrogen-bond acceptors (Lipinski definition) is 4. The maximum Gasteiger partial charge on any atom is 0.268 e. The average Bonchev–Trinajstić information content (AvgIpc) is 2.83. The Morgan fingerprint density at radius 1 is 1.08 bits per heavy atom. The summed E-state index contributed by atoms with van der Waals surface area (Å²) in [5.74, 6) is 0.333. The van der Waals surface area contributed by atoms with Crippen molar-refractivity contribution in [1.82, 2.24) is 19.3 Å². The number of fused-ring (bicyclic) bond motifs is 1. The number of benzene rings is 1. The van der Waals surface area contributed by atoms with Gasteiger partial charge in [-0.1, -0.05) is 43.9 Å². The second-order valence-corrected chi connectivity index (χ2v) is 6.56. The van der Waals surface area contributed by atoms with Crippen molar-refractivity contribution in [2.45, 2.75) is 44.6 Å². The van der Waals surface area contributed by atoms with Crippen LogP contribution in [0.4, 0.5) is 0 Å². The monoisotopic (exact) mass is 338 g/mol. The Morgan fingerprint density at radius 3 is 2.48 bits per heavy atom. The van der Waals surface area contributed by atoms with Gasteiger partial charge < -0.3 is 4.74 Å². The van der Waals surface area contributed by atoms with Crippen LogP contribution in [-0.4, -0.2) is 26.4 Å². The lowest BCUT2D eigenvalue weighted by Crippen LogP contribution is -2.25. The molecule has 4 rings (SSSR count). The molecule has 6 heteroatoms. The minimum absolute atomic E-state index is 0.0593. The summed E-state index contributed by atoms with van der Waals surface area (Å²) in [5.41, 5.74) is 1.34. The van der Waals surface area contributed by atoms with Crippen molar-refractivity contribution in [3.63, 3.8) is 0 Å². The summed E-state index contributed by atoms with van der Waals surface area (Å²) in [5, 5.41) is 4.92. The van der Waals surface area contributed by atoms with Crippen molar-refractivity contribution >= 4 is 11.0 Å². The smallest absolute Gasteiger partial charge is 0.268 e. The van der Waals surface area contributed by atoms with Crippen LogP contribution < -0.4 is 10.3 Å². The van der Waals surface area contributed by atoms with Crippen LogP contribution in [0.1, 0.15) is 44.6 Å². The Kier molecular flexibility index (Phi) is 4.26. The predicted molar refractivity (Wildman–Crippen MR) is 96.4 cm³/mol. The summed E-state index contributed by atoms with van der Waals surface area (Å²) < 4.78 is 8.85. The molecule has 1 saturated carbocycles. The molecular formula is C19H22N4O2. The predicted octanol–water partition coefficient (Wildman–Crippen LogP) is 3.49. The first-order valence-electron chi connectivity index (χ1n) is 8.89. The van der Waals surface area contributed by atoms with E-state index >= 15 is 0 Å². The quantitative estimate of drug-likeness (QED) is 0.686. The molecule has 0 N–H and O–H groups in total. The molecule has 1 fully saturated rings. The molecule has 2 aromatic heterocycles. The Labute approximate surface area is 146 Å². The summed E-state index contributed by atoms with van der Waals surface area (Å²) >= 11 is 0. The Bertz CT molecular complexity index is 922. The van der Waals surface area contributed by atoms with Gasteiger partial charge in [-0.3, -0.25) is 9.36 Å². The molecule has 0 radical (unpaired) electrons. The van der Waals surface area contributed by atoms with Gasteiger partial charge in [0.25, 0.3) is 5.56 Å². The van der Waals surface area contributed by atoms with E-state index in [1.807, 2.05) is 30.3 Å². The number of aromatic nitrogens is 4. The first kappa shape index (κ1) is 15.9. The van der Waals surface area contributed by atoms with Crippen LogP contribution in [0.5, 0.6) is 5.88 Å². The van der Waals surface area contributed by atoms with Crippen LogP contribution in [0.15, 0.2) is 41.5 Å². The highest BCUT2D eigenvalue weighted by molar-refractivity contribution is 5.81. The van der Waals surface area contributed by atoms with Gasteiger partial charge in [0.2, 0.25) is 5.88 Å². The van der Waals surface area contributed by atoms with Crippen LogP contribution in [-0.2, 0) is 0 Å². The number of ether oxygens (including phenoxy) is 1. The van der Waals surface area contributed by atoms with Gasteiger partial charge in [0.05, 0.1) is 12.8 Å². The summed E-state index contributed by atoms with van der Waals surface area (Å²) in [7, 11) is 1.54. The second kappa shape index (κ2) is 6.70. The third-order valence-corrected chi connectivity index (χ3v) is 4.99. The molecule has 25 heavy (non-hydrogen) atoms. The zero-order valence-electron chi connectivity index (χ0n) is 14.4. The largest absolute Gasteiger partial charge is 0.479 e. The van der Waals surface area contributed by atoms with Crippen molar-refractivity contribution in [1.29, 1.82) is 0 Å². The van der Waals surface area contributed by atoms with Gasteiger partial charge in [-0.15, -0.1) is 5.10 Å². The molecule has 0 bridgehead atoms. The van der Waals surface area contributed by atoms with Gasteiger partial charge in [-0.2, -0.15) is 0 Å². The fourth-order valence-corrected chi connectivity index (χ4v) is 3.68. The highest BCUT2D eigenvalue weighted by atomic mass is 16.5. The Balaban J connectivity index is 1.88. The lowest BCUT2D eigenvalue weighted by atomic mass is 10.1. The number of nitrogens with zero attached hydrogens (tertiary/aromatic N) is 4. The lowest BCUT2D eigenvalue weighted by molar-refractivity contribution is 0.396. The molecule has 0 amide bonds. The SMILES string of the molecule is COc1nn(-c2ccccc2)c2ncn(C3CCCCCC3)c(=O)c12. The van der Waals surface area contributed by atoms with Crippen LogP contribution in [0.2, 0.25) is 0 Å². The van der Waals surface area contributed by atoms with E-state index in [0.29, 0.717) is 16.9 Å². The van der Waals surface area contributed by atoms with Gasteiger partial charge in [-0.05, 0) is 25.0 Å². The third kappa shape index (κ3) is 2.81. The maximum absolute atomic E-state index is 13.2. The molecule has 3 aromatic rings. The minimum Gasteiger partial charge on any atom is -0.479 e. The molecule has 1 aliphatic rings.